The summed E-state index contributed by atoms with van der Waals surface area (Å²) in [4.78, 5) is 23.7. The number of aromatic nitrogens is 2. The van der Waals surface area contributed by atoms with Crippen LogP contribution in [0.1, 0.15) is 21.5 Å². The van der Waals surface area contributed by atoms with Crippen LogP contribution in [0.2, 0.25) is 5.02 Å². The summed E-state index contributed by atoms with van der Waals surface area (Å²) in [7, 11) is -2.77. The molecule has 0 fully saturated rings. The molecule has 3 aromatic rings. The lowest BCUT2D eigenvalue weighted by Crippen LogP contribution is -2.17. The van der Waals surface area contributed by atoms with Crippen LogP contribution in [0.25, 0.3) is 0 Å². The number of nitrogens with one attached hydrogen (secondary N) is 2. The van der Waals surface area contributed by atoms with Gasteiger partial charge >= 0.3 is 5.97 Å². The molecule has 2 aromatic carbocycles. The van der Waals surface area contributed by atoms with Crippen LogP contribution in [0.4, 0.5) is 10.8 Å². The molecular formula is C20H19ClN4O5S3. The Morgan fingerprint density at radius 2 is 1.91 bits per heavy atom. The number of rotatable bonds is 8. The minimum absolute atomic E-state index is 0.0266. The molecule has 0 aliphatic carbocycles. The average molecular weight is 527 g/mol. The summed E-state index contributed by atoms with van der Waals surface area (Å²) >= 11 is 8.33. The van der Waals surface area contributed by atoms with Gasteiger partial charge in [0.25, 0.3) is 15.9 Å². The molecule has 0 saturated carbocycles. The standard InChI is InChI=1S/C20H19ClN4O5S3/c1-11-4-7-15(12(2)8-11)25-33(28,29)16-9-13(5-6-14(16)21)18(27)22-19-23-24-20(32-19)31-10-17(26)30-3/h4-9,25H,10H2,1-3H3,(H,22,23,27). The molecule has 0 bridgehead atoms. The lowest BCUT2D eigenvalue weighted by Gasteiger charge is -2.13. The Morgan fingerprint density at radius 3 is 2.61 bits per heavy atom. The molecular weight excluding hydrogens is 508 g/mol. The summed E-state index contributed by atoms with van der Waals surface area (Å²) in [5.74, 6) is -0.939. The SMILES string of the molecule is COC(=O)CSc1nnc(NC(=O)c2ccc(Cl)c(S(=O)(=O)Nc3ccc(C)cc3C)c2)s1. The zero-order valence-electron chi connectivity index (χ0n) is 17.7. The molecule has 33 heavy (non-hydrogen) atoms. The number of aryl methyl sites for hydroxylation is 2. The fourth-order valence-electron chi connectivity index (χ4n) is 2.65. The number of benzene rings is 2. The molecule has 0 radical (unpaired) electrons. The molecule has 0 saturated heterocycles. The average Bonchev–Trinajstić information content (AvgIpc) is 3.21. The van der Waals surface area contributed by atoms with E-state index < -0.39 is 21.9 Å². The lowest BCUT2D eigenvalue weighted by atomic mass is 10.1. The molecule has 0 atom stereocenters. The van der Waals surface area contributed by atoms with Crippen molar-refractivity contribution in [3.05, 3.63) is 58.1 Å². The monoisotopic (exact) mass is 526 g/mol. The quantitative estimate of drug-likeness (QED) is 0.255. The van der Waals surface area contributed by atoms with E-state index in [-0.39, 0.29) is 26.4 Å². The van der Waals surface area contributed by atoms with E-state index in [9.17, 15) is 18.0 Å². The first-order valence-corrected chi connectivity index (χ1v) is 13.0. The number of hydrogen-bond acceptors (Lipinski definition) is 9. The molecule has 174 valence electrons. The summed E-state index contributed by atoms with van der Waals surface area (Å²) in [6.45, 7) is 3.69. The number of methoxy groups -OCH3 is 1. The van der Waals surface area contributed by atoms with Crippen LogP contribution in [0.3, 0.4) is 0 Å². The smallest absolute Gasteiger partial charge is 0.316 e. The first kappa shape index (κ1) is 25.0. The summed E-state index contributed by atoms with van der Waals surface area (Å²) in [5, 5.41) is 10.5. The molecule has 13 heteroatoms. The molecule has 1 heterocycles. The van der Waals surface area contributed by atoms with Crippen molar-refractivity contribution in [2.75, 3.05) is 22.9 Å². The van der Waals surface area contributed by atoms with Crippen molar-refractivity contribution in [2.45, 2.75) is 23.1 Å². The van der Waals surface area contributed by atoms with Gasteiger partial charge in [0.2, 0.25) is 5.13 Å². The number of amides is 1. The number of anilines is 2. The third-order valence-corrected chi connectivity index (χ3v) is 8.07. The van der Waals surface area contributed by atoms with Crippen molar-refractivity contribution in [2.24, 2.45) is 0 Å². The van der Waals surface area contributed by atoms with Gasteiger partial charge in [0.15, 0.2) is 4.34 Å². The van der Waals surface area contributed by atoms with Crippen molar-refractivity contribution in [3.63, 3.8) is 0 Å². The second kappa shape index (κ2) is 10.5. The minimum atomic E-state index is -4.06. The van der Waals surface area contributed by atoms with E-state index in [4.69, 9.17) is 11.6 Å². The Balaban J connectivity index is 1.77. The molecule has 1 aromatic heterocycles. The van der Waals surface area contributed by atoms with Crippen LogP contribution >= 0.6 is 34.7 Å². The van der Waals surface area contributed by atoms with Gasteiger partial charge in [-0.1, -0.05) is 52.4 Å². The van der Waals surface area contributed by atoms with Gasteiger partial charge in [-0.05, 0) is 43.7 Å². The van der Waals surface area contributed by atoms with E-state index in [0.717, 1.165) is 34.2 Å². The predicted octanol–water partition coefficient (Wildman–Crippen LogP) is 4.13. The van der Waals surface area contributed by atoms with Crippen LogP contribution in [0.15, 0.2) is 45.6 Å². The molecule has 0 unspecified atom stereocenters. The number of hydrogen-bond donors (Lipinski definition) is 2. The zero-order chi connectivity index (χ0) is 24.2. The molecule has 1 amide bonds. The zero-order valence-corrected chi connectivity index (χ0v) is 20.9. The molecule has 3 rings (SSSR count). The highest BCUT2D eigenvalue weighted by atomic mass is 35.5. The van der Waals surface area contributed by atoms with E-state index in [1.54, 1.807) is 19.1 Å². The normalized spacial score (nSPS) is 11.2. The van der Waals surface area contributed by atoms with Crippen LogP contribution in [0.5, 0.6) is 0 Å². The Bertz CT molecular complexity index is 1310. The fourth-order valence-corrected chi connectivity index (χ4v) is 5.88. The van der Waals surface area contributed by atoms with Gasteiger partial charge < -0.3 is 4.74 Å². The molecule has 0 aliphatic heterocycles. The van der Waals surface area contributed by atoms with E-state index in [2.05, 4.69) is 25.0 Å². The predicted molar refractivity (Wildman–Crippen MR) is 129 cm³/mol. The molecule has 2 N–H and O–H groups in total. The fraction of sp³-hybridized carbons (Fsp3) is 0.200. The number of thioether (sulfide) groups is 1. The lowest BCUT2D eigenvalue weighted by molar-refractivity contribution is -0.137. The molecule has 0 aliphatic rings. The van der Waals surface area contributed by atoms with Crippen LogP contribution < -0.4 is 10.0 Å². The third kappa shape index (κ3) is 6.44. The van der Waals surface area contributed by atoms with Gasteiger partial charge in [0.05, 0.1) is 23.6 Å². The highest BCUT2D eigenvalue weighted by Crippen LogP contribution is 2.28. The van der Waals surface area contributed by atoms with Crippen molar-refractivity contribution in [1.29, 1.82) is 0 Å². The summed E-state index contributed by atoms with van der Waals surface area (Å²) in [6, 6.07) is 9.24. The van der Waals surface area contributed by atoms with Gasteiger partial charge in [0, 0.05) is 5.56 Å². The Morgan fingerprint density at radius 1 is 1.15 bits per heavy atom. The van der Waals surface area contributed by atoms with Crippen molar-refractivity contribution < 1.29 is 22.7 Å². The number of esters is 1. The Hall–Kier alpha value is -2.67. The Labute approximate surface area is 204 Å². The second-order valence-electron chi connectivity index (χ2n) is 6.76. The molecule has 0 spiro atoms. The van der Waals surface area contributed by atoms with Crippen LogP contribution in [-0.4, -0.2) is 43.4 Å². The topological polar surface area (TPSA) is 127 Å². The third-order valence-electron chi connectivity index (χ3n) is 4.28. The maximum atomic E-state index is 13.0. The highest BCUT2D eigenvalue weighted by molar-refractivity contribution is 8.01. The van der Waals surface area contributed by atoms with Gasteiger partial charge in [-0.15, -0.1) is 10.2 Å². The van der Waals surface area contributed by atoms with Gasteiger partial charge in [0.1, 0.15) is 4.90 Å². The maximum Gasteiger partial charge on any atom is 0.316 e. The van der Waals surface area contributed by atoms with Crippen LogP contribution in [0, 0.1) is 13.8 Å². The van der Waals surface area contributed by atoms with E-state index >= 15 is 0 Å². The van der Waals surface area contributed by atoms with Crippen molar-refractivity contribution in [1.82, 2.24) is 10.2 Å². The number of halogens is 1. The first-order chi connectivity index (χ1) is 15.6. The number of sulfonamides is 1. The second-order valence-corrected chi connectivity index (χ2v) is 11.0. The van der Waals surface area contributed by atoms with Crippen molar-refractivity contribution in [3.8, 4) is 0 Å². The first-order valence-electron chi connectivity index (χ1n) is 9.33. The summed E-state index contributed by atoms with van der Waals surface area (Å²) in [5.41, 5.74) is 2.23. The number of carbonyl (C=O) groups is 2. The van der Waals surface area contributed by atoms with E-state index in [0.29, 0.717) is 10.0 Å². The van der Waals surface area contributed by atoms with Gasteiger partial charge in [-0.25, -0.2) is 8.42 Å². The van der Waals surface area contributed by atoms with Crippen molar-refractivity contribution >= 4 is 67.4 Å². The minimum Gasteiger partial charge on any atom is -0.468 e. The summed E-state index contributed by atoms with van der Waals surface area (Å²) < 4.78 is 33.5. The van der Waals surface area contributed by atoms with E-state index in [1.807, 2.05) is 13.0 Å². The number of carbonyl (C=O) groups excluding carboxylic acids is 2. The maximum absolute atomic E-state index is 13.0. The van der Waals surface area contributed by atoms with Crippen LogP contribution in [-0.2, 0) is 19.6 Å². The van der Waals surface area contributed by atoms with Gasteiger partial charge in [-0.3, -0.25) is 19.6 Å². The number of nitrogens with zero attached hydrogens (tertiary/aromatic N) is 2. The largest absolute Gasteiger partial charge is 0.468 e. The highest BCUT2D eigenvalue weighted by Gasteiger charge is 2.22. The summed E-state index contributed by atoms with van der Waals surface area (Å²) in [6.07, 6.45) is 0. The van der Waals surface area contributed by atoms with E-state index in [1.165, 1.54) is 25.3 Å². The molecule has 9 nitrogen and oxygen atoms in total. The van der Waals surface area contributed by atoms with Gasteiger partial charge in [-0.2, -0.15) is 0 Å². The Kier molecular flexibility index (Phi) is 7.95. The number of ether oxygens (including phenoxy) is 1.